The second-order valence-corrected chi connectivity index (χ2v) is 10.4. The van der Waals surface area contributed by atoms with Gasteiger partial charge in [-0.25, -0.2) is 28.4 Å². The fourth-order valence-corrected chi connectivity index (χ4v) is 5.10. The van der Waals surface area contributed by atoms with Gasteiger partial charge in [0.05, 0.1) is 22.7 Å². The van der Waals surface area contributed by atoms with Crippen LogP contribution in [0.1, 0.15) is 11.3 Å². The van der Waals surface area contributed by atoms with Gasteiger partial charge >= 0.3 is 0 Å². The Balaban J connectivity index is 1.50. The number of benzene rings is 1. The van der Waals surface area contributed by atoms with Crippen molar-refractivity contribution in [3.8, 4) is 11.1 Å². The van der Waals surface area contributed by atoms with Gasteiger partial charge in [0.25, 0.3) is 0 Å². The Morgan fingerprint density at radius 1 is 1.00 bits per heavy atom. The Labute approximate surface area is 194 Å². The Morgan fingerprint density at radius 3 is 2.67 bits per heavy atom. The third-order valence-electron chi connectivity index (χ3n) is 5.04. The summed E-state index contributed by atoms with van der Waals surface area (Å²) in [6.45, 7) is 3.99. The van der Waals surface area contributed by atoms with E-state index in [4.69, 9.17) is 4.98 Å². The lowest BCUT2D eigenvalue weighted by atomic mass is 10.1. The van der Waals surface area contributed by atoms with Gasteiger partial charge in [0.15, 0.2) is 5.65 Å². The number of anilines is 3. The van der Waals surface area contributed by atoms with Crippen molar-refractivity contribution in [2.24, 2.45) is 0 Å². The molecule has 5 aromatic rings. The highest BCUT2D eigenvalue weighted by Gasteiger charge is 2.12. The summed E-state index contributed by atoms with van der Waals surface area (Å²) in [4.78, 5) is 18.3. The van der Waals surface area contributed by atoms with Gasteiger partial charge in [0, 0.05) is 27.7 Å². The number of nitrogens with zero attached hydrogens (tertiary/aromatic N) is 4. The maximum Gasteiger partial charge on any atom is 0.229 e. The first kappa shape index (κ1) is 21.2. The van der Waals surface area contributed by atoms with Crippen LogP contribution in [0.2, 0.25) is 0 Å². The third-order valence-corrected chi connectivity index (χ3v) is 6.55. The summed E-state index contributed by atoms with van der Waals surface area (Å²) in [6, 6.07) is 13.1. The summed E-state index contributed by atoms with van der Waals surface area (Å²) in [6.07, 6.45) is 2.90. The number of aryl methyl sites for hydroxylation is 2. The van der Waals surface area contributed by atoms with E-state index in [-0.39, 0.29) is 0 Å². The Hall–Kier alpha value is -3.63. The highest BCUT2D eigenvalue weighted by atomic mass is 32.2. The van der Waals surface area contributed by atoms with E-state index in [1.165, 1.54) is 11.3 Å². The first-order valence-corrected chi connectivity index (χ1v) is 12.9. The first-order valence-electron chi connectivity index (χ1n) is 10.1. The molecular weight excluding hydrogens is 456 g/mol. The fraction of sp³-hybridized carbons (Fsp3) is 0.130. The molecule has 0 atom stereocenters. The summed E-state index contributed by atoms with van der Waals surface area (Å²) in [5.41, 5.74) is 5.75. The maximum absolute atomic E-state index is 11.6. The predicted octanol–water partition coefficient (Wildman–Crippen LogP) is 5.03. The van der Waals surface area contributed by atoms with E-state index in [1.807, 2.05) is 49.6 Å². The molecule has 0 fully saturated rings. The SMILES string of the molecule is Cc1cc(C)c2ccc(Nc3ncc4scc(-c5cccc(NS(C)(=O)=O)c5)c4n3)nc2n1. The molecule has 0 aliphatic carbocycles. The average Bonchev–Trinajstić information content (AvgIpc) is 3.15. The lowest BCUT2D eigenvalue weighted by molar-refractivity contribution is 0.607. The number of rotatable bonds is 5. The van der Waals surface area contributed by atoms with Gasteiger partial charge in [-0.2, -0.15) is 0 Å². The number of aromatic nitrogens is 4. The Bertz CT molecular complexity index is 1630. The molecule has 0 amide bonds. The number of pyridine rings is 2. The largest absolute Gasteiger partial charge is 0.309 e. The predicted molar refractivity (Wildman–Crippen MR) is 134 cm³/mol. The highest BCUT2D eigenvalue weighted by molar-refractivity contribution is 7.92. The van der Waals surface area contributed by atoms with Gasteiger partial charge in [0.2, 0.25) is 16.0 Å². The Morgan fingerprint density at radius 2 is 1.85 bits per heavy atom. The molecule has 0 radical (unpaired) electrons. The van der Waals surface area contributed by atoms with E-state index in [2.05, 4.69) is 25.0 Å². The first-order chi connectivity index (χ1) is 15.7. The van der Waals surface area contributed by atoms with Crippen LogP contribution < -0.4 is 10.0 Å². The van der Waals surface area contributed by atoms with Crippen molar-refractivity contribution in [1.82, 2.24) is 19.9 Å². The molecule has 0 spiro atoms. The minimum atomic E-state index is -3.36. The molecule has 8 nitrogen and oxygen atoms in total. The summed E-state index contributed by atoms with van der Waals surface area (Å²) < 4.78 is 26.6. The van der Waals surface area contributed by atoms with E-state index in [0.717, 1.165) is 44.2 Å². The molecule has 0 saturated carbocycles. The van der Waals surface area contributed by atoms with Crippen LogP contribution in [0.25, 0.3) is 32.4 Å². The molecule has 166 valence electrons. The molecule has 0 aliphatic rings. The fourth-order valence-electron chi connectivity index (χ4n) is 3.67. The number of nitrogens with one attached hydrogen (secondary N) is 2. The van der Waals surface area contributed by atoms with Crippen LogP contribution in [0.5, 0.6) is 0 Å². The number of hydrogen-bond acceptors (Lipinski definition) is 8. The topological polar surface area (TPSA) is 110 Å². The van der Waals surface area contributed by atoms with Crippen molar-refractivity contribution in [3.05, 3.63) is 65.3 Å². The number of hydrogen-bond donors (Lipinski definition) is 2. The minimum absolute atomic E-state index is 0.420. The Kier molecular flexibility index (Phi) is 5.18. The van der Waals surface area contributed by atoms with Crippen LogP contribution >= 0.6 is 11.3 Å². The average molecular weight is 477 g/mol. The second-order valence-electron chi connectivity index (χ2n) is 7.78. The molecule has 2 N–H and O–H groups in total. The zero-order valence-corrected chi connectivity index (χ0v) is 19.8. The minimum Gasteiger partial charge on any atom is -0.309 e. The number of sulfonamides is 1. The van der Waals surface area contributed by atoms with Crippen LogP contribution in [0.3, 0.4) is 0 Å². The van der Waals surface area contributed by atoms with E-state index < -0.39 is 10.0 Å². The smallest absolute Gasteiger partial charge is 0.229 e. The van der Waals surface area contributed by atoms with Crippen molar-refractivity contribution in [2.45, 2.75) is 13.8 Å². The molecule has 0 aliphatic heterocycles. The van der Waals surface area contributed by atoms with Crippen molar-refractivity contribution in [2.75, 3.05) is 16.3 Å². The zero-order valence-electron chi connectivity index (χ0n) is 18.1. The molecule has 33 heavy (non-hydrogen) atoms. The molecule has 0 unspecified atom stereocenters. The van der Waals surface area contributed by atoms with Gasteiger partial charge in [-0.15, -0.1) is 11.3 Å². The normalized spacial score (nSPS) is 11.7. The molecule has 0 saturated heterocycles. The lowest BCUT2D eigenvalue weighted by Gasteiger charge is -2.08. The van der Waals surface area contributed by atoms with Crippen molar-refractivity contribution >= 4 is 60.1 Å². The molecule has 5 rings (SSSR count). The van der Waals surface area contributed by atoms with Gasteiger partial charge in [-0.1, -0.05) is 12.1 Å². The van der Waals surface area contributed by atoms with Crippen LogP contribution in [-0.4, -0.2) is 34.6 Å². The summed E-state index contributed by atoms with van der Waals surface area (Å²) in [5.74, 6) is 1.03. The van der Waals surface area contributed by atoms with E-state index in [9.17, 15) is 8.42 Å². The maximum atomic E-state index is 11.6. The van der Waals surface area contributed by atoms with Crippen molar-refractivity contribution in [1.29, 1.82) is 0 Å². The number of fused-ring (bicyclic) bond motifs is 2. The molecular formula is C23H20N6O2S2. The van der Waals surface area contributed by atoms with E-state index >= 15 is 0 Å². The number of thiophene rings is 1. The molecule has 4 aromatic heterocycles. The summed E-state index contributed by atoms with van der Waals surface area (Å²) in [7, 11) is -3.36. The van der Waals surface area contributed by atoms with E-state index in [0.29, 0.717) is 23.1 Å². The molecule has 1 aromatic carbocycles. The van der Waals surface area contributed by atoms with E-state index in [1.54, 1.807) is 18.3 Å². The summed E-state index contributed by atoms with van der Waals surface area (Å²) in [5, 5.41) is 6.18. The molecule has 4 heterocycles. The third kappa shape index (κ3) is 4.48. The van der Waals surface area contributed by atoms with Crippen LogP contribution in [0, 0.1) is 13.8 Å². The molecule has 0 bridgehead atoms. The van der Waals surface area contributed by atoms with Crippen molar-refractivity contribution in [3.63, 3.8) is 0 Å². The van der Waals surface area contributed by atoms with Crippen LogP contribution in [-0.2, 0) is 10.0 Å². The van der Waals surface area contributed by atoms with Crippen LogP contribution in [0.4, 0.5) is 17.5 Å². The van der Waals surface area contributed by atoms with Gasteiger partial charge in [-0.3, -0.25) is 4.72 Å². The van der Waals surface area contributed by atoms with Crippen LogP contribution in [0.15, 0.2) is 54.0 Å². The van der Waals surface area contributed by atoms with Gasteiger partial charge in [0.1, 0.15) is 5.82 Å². The molecule has 10 heteroatoms. The lowest BCUT2D eigenvalue weighted by Crippen LogP contribution is -2.09. The second kappa shape index (κ2) is 8.05. The standard InChI is InChI=1S/C23H20N6O2S2/c1-13-9-14(2)25-22-17(13)7-8-20(26-22)27-23-24-11-19-21(28-23)18(12-32-19)15-5-4-6-16(10-15)29-33(3,30)31/h4-12,29H,1-3H3,(H,24,25,26,27,28). The van der Waals surface area contributed by atoms with Crippen molar-refractivity contribution < 1.29 is 8.42 Å². The zero-order chi connectivity index (χ0) is 23.2. The van der Waals surface area contributed by atoms with Gasteiger partial charge < -0.3 is 5.32 Å². The monoisotopic (exact) mass is 476 g/mol. The summed E-state index contributed by atoms with van der Waals surface area (Å²) >= 11 is 1.53. The van der Waals surface area contributed by atoms with Gasteiger partial charge in [-0.05, 0) is 55.3 Å². The highest BCUT2D eigenvalue weighted by Crippen LogP contribution is 2.34. The quantitative estimate of drug-likeness (QED) is 0.366.